The highest BCUT2D eigenvalue weighted by Crippen LogP contribution is 2.23. The highest BCUT2D eigenvalue weighted by Gasteiger charge is 2.25. The van der Waals surface area contributed by atoms with Gasteiger partial charge in [-0.3, -0.25) is 9.82 Å². The zero-order chi connectivity index (χ0) is 14.2. The van der Waals surface area contributed by atoms with Crippen molar-refractivity contribution in [3.05, 3.63) is 41.1 Å². The van der Waals surface area contributed by atoms with Crippen LogP contribution in [0.2, 0.25) is 0 Å². The van der Waals surface area contributed by atoms with Crippen molar-refractivity contribution in [2.45, 2.75) is 18.7 Å². The molecule has 8 heteroatoms. The van der Waals surface area contributed by atoms with Gasteiger partial charge in [0.25, 0.3) is 10.0 Å². The first-order chi connectivity index (χ1) is 8.83. The van der Waals surface area contributed by atoms with Gasteiger partial charge in [-0.15, -0.1) is 0 Å². The first-order valence-corrected chi connectivity index (χ1v) is 6.79. The van der Waals surface area contributed by atoms with Crippen LogP contribution in [0, 0.1) is 25.5 Å². The van der Waals surface area contributed by atoms with Crippen LogP contribution in [0.3, 0.4) is 0 Å². The minimum absolute atomic E-state index is 0.0140. The summed E-state index contributed by atoms with van der Waals surface area (Å²) in [6.45, 7) is 3.33. The molecule has 0 radical (unpaired) electrons. The maximum absolute atomic E-state index is 13.5. The minimum Gasteiger partial charge on any atom is -0.280 e. The molecule has 0 fully saturated rings. The summed E-state index contributed by atoms with van der Waals surface area (Å²) >= 11 is 0. The third-order valence-corrected chi connectivity index (χ3v) is 4.06. The molecule has 2 rings (SSSR count). The van der Waals surface area contributed by atoms with Crippen molar-refractivity contribution in [3.63, 3.8) is 0 Å². The van der Waals surface area contributed by atoms with Gasteiger partial charge in [0.2, 0.25) is 0 Å². The van der Waals surface area contributed by atoms with Crippen molar-refractivity contribution in [1.82, 2.24) is 10.2 Å². The van der Waals surface area contributed by atoms with E-state index in [-0.39, 0.29) is 5.82 Å². The van der Waals surface area contributed by atoms with E-state index in [1.54, 1.807) is 13.8 Å². The summed E-state index contributed by atoms with van der Waals surface area (Å²) in [5, 5.41) is 6.30. The van der Waals surface area contributed by atoms with Crippen LogP contribution in [0.25, 0.3) is 0 Å². The molecule has 0 aliphatic carbocycles. The number of sulfonamides is 1. The number of nitrogens with zero attached hydrogens (tertiary/aromatic N) is 1. The largest absolute Gasteiger partial charge is 0.280 e. The molecule has 0 bridgehead atoms. The zero-order valence-corrected chi connectivity index (χ0v) is 11.0. The predicted molar refractivity (Wildman–Crippen MR) is 65.2 cm³/mol. The van der Waals surface area contributed by atoms with Crippen molar-refractivity contribution < 1.29 is 17.2 Å². The smallest absolute Gasteiger partial charge is 0.268 e. The van der Waals surface area contributed by atoms with E-state index >= 15 is 0 Å². The Morgan fingerprint density at radius 2 is 1.79 bits per heavy atom. The van der Waals surface area contributed by atoms with Crippen molar-refractivity contribution in [3.8, 4) is 0 Å². The molecule has 0 spiro atoms. The summed E-state index contributed by atoms with van der Waals surface area (Å²) < 4.78 is 52.9. The topological polar surface area (TPSA) is 74.8 Å². The van der Waals surface area contributed by atoms with Gasteiger partial charge < -0.3 is 0 Å². The van der Waals surface area contributed by atoms with E-state index < -0.39 is 26.6 Å². The molecule has 0 unspecified atom stereocenters. The van der Waals surface area contributed by atoms with Gasteiger partial charge in [0.1, 0.15) is 11.6 Å². The zero-order valence-electron chi connectivity index (χ0n) is 10.2. The number of nitrogens with one attached hydrogen (secondary N) is 2. The van der Waals surface area contributed by atoms with Crippen molar-refractivity contribution >= 4 is 15.8 Å². The van der Waals surface area contributed by atoms with Crippen LogP contribution in [0.5, 0.6) is 0 Å². The minimum atomic E-state index is -4.37. The van der Waals surface area contributed by atoms with Gasteiger partial charge in [0.05, 0.1) is 0 Å². The molecule has 0 aliphatic rings. The maximum atomic E-state index is 13.5. The Labute approximate surface area is 108 Å². The van der Waals surface area contributed by atoms with E-state index in [1.165, 1.54) is 0 Å². The molecule has 5 nitrogen and oxygen atoms in total. The summed E-state index contributed by atoms with van der Waals surface area (Å²) in [6.07, 6.45) is 0. The Bertz CT molecular complexity index is 705. The van der Waals surface area contributed by atoms with E-state index in [0.29, 0.717) is 11.3 Å². The fourth-order valence-electron chi connectivity index (χ4n) is 1.50. The predicted octanol–water partition coefficient (Wildman–Crippen LogP) is 2.11. The van der Waals surface area contributed by atoms with Crippen LogP contribution in [0.4, 0.5) is 14.6 Å². The molecule has 19 heavy (non-hydrogen) atoms. The fourth-order valence-corrected chi connectivity index (χ4v) is 2.71. The fraction of sp³-hybridized carbons (Fsp3) is 0.182. The second-order valence-corrected chi connectivity index (χ2v) is 5.60. The lowest BCUT2D eigenvalue weighted by molar-refractivity contribution is 0.521. The molecular formula is C11H11F2N3O2S. The second-order valence-electron chi connectivity index (χ2n) is 3.98. The summed E-state index contributed by atoms with van der Waals surface area (Å²) in [7, 11) is -4.37. The highest BCUT2D eigenvalue weighted by atomic mass is 32.2. The molecule has 1 heterocycles. The number of rotatable bonds is 3. The second kappa shape index (κ2) is 4.61. The standard InChI is InChI=1S/C11H11F2N3O2S/c1-6-7(2)14-15-11(6)16-19(17,18)10-8(12)4-3-5-9(10)13/h3-5H,1-2H3,(H2,14,15,16). The van der Waals surface area contributed by atoms with Gasteiger partial charge >= 0.3 is 0 Å². The Morgan fingerprint density at radius 1 is 1.21 bits per heavy atom. The van der Waals surface area contributed by atoms with Crippen molar-refractivity contribution in [2.75, 3.05) is 4.72 Å². The van der Waals surface area contributed by atoms with E-state index in [2.05, 4.69) is 14.9 Å². The number of halogens is 2. The lowest BCUT2D eigenvalue weighted by Crippen LogP contribution is -2.17. The number of hydrogen-bond donors (Lipinski definition) is 2. The number of anilines is 1. The average molecular weight is 287 g/mol. The number of aryl methyl sites for hydroxylation is 1. The highest BCUT2D eigenvalue weighted by molar-refractivity contribution is 7.92. The summed E-state index contributed by atoms with van der Waals surface area (Å²) in [6, 6.07) is 2.84. The molecule has 2 aromatic rings. The van der Waals surface area contributed by atoms with Crippen molar-refractivity contribution in [2.24, 2.45) is 0 Å². The van der Waals surface area contributed by atoms with Gasteiger partial charge in [-0.25, -0.2) is 17.2 Å². The summed E-state index contributed by atoms with van der Waals surface area (Å²) in [4.78, 5) is -1.02. The molecular weight excluding hydrogens is 276 g/mol. The molecule has 102 valence electrons. The van der Waals surface area contributed by atoms with Gasteiger partial charge in [-0.05, 0) is 26.0 Å². The maximum Gasteiger partial charge on any atom is 0.268 e. The molecule has 0 amide bonds. The lowest BCUT2D eigenvalue weighted by atomic mass is 10.3. The van der Waals surface area contributed by atoms with Gasteiger partial charge in [-0.2, -0.15) is 5.10 Å². The van der Waals surface area contributed by atoms with Crippen LogP contribution in [0.1, 0.15) is 11.3 Å². The van der Waals surface area contributed by atoms with Crippen LogP contribution >= 0.6 is 0 Å². The Morgan fingerprint density at radius 3 is 2.26 bits per heavy atom. The number of aromatic nitrogens is 2. The van der Waals surface area contributed by atoms with E-state index in [9.17, 15) is 17.2 Å². The first kappa shape index (κ1) is 13.5. The quantitative estimate of drug-likeness (QED) is 0.907. The molecule has 1 aromatic carbocycles. The van der Waals surface area contributed by atoms with Crippen LogP contribution < -0.4 is 4.72 Å². The van der Waals surface area contributed by atoms with Crippen LogP contribution in [0.15, 0.2) is 23.1 Å². The van der Waals surface area contributed by atoms with Gasteiger partial charge in [0, 0.05) is 11.3 Å². The number of H-pyrrole nitrogens is 1. The third-order valence-electron chi connectivity index (χ3n) is 2.67. The van der Waals surface area contributed by atoms with E-state index in [1.807, 2.05) is 0 Å². The van der Waals surface area contributed by atoms with Gasteiger partial charge in [0.15, 0.2) is 10.7 Å². The monoisotopic (exact) mass is 287 g/mol. The normalized spacial score (nSPS) is 11.6. The first-order valence-electron chi connectivity index (χ1n) is 5.31. The Kier molecular flexibility index (Phi) is 3.27. The molecule has 0 atom stereocenters. The van der Waals surface area contributed by atoms with E-state index in [4.69, 9.17) is 0 Å². The Balaban J connectivity index is 2.47. The number of aromatic amines is 1. The summed E-state index contributed by atoms with van der Waals surface area (Å²) in [5.41, 5.74) is 1.21. The molecule has 0 saturated heterocycles. The SMILES string of the molecule is Cc1[nH]nc(NS(=O)(=O)c2c(F)cccc2F)c1C. The molecule has 0 saturated carbocycles. The summed E-state index contributed by atoms with van der Waals surface area (Å²) in [5.74, 6) is -2.30. The van der Waals surface area contributed by atoms with Crippen molar-refractivity contribution in [1.29, 1.82) is 0 Å². The average Bonchev–Trinajstić information content (AvgIpc) is 2.60. The molecule has 0 aliphatic heterocycles. The molecule has 1 aromatic heterocycles. The van der Waals surface area contributed by atoms with E-state index in [0.717, 1.165) is 18.2 Å². The third kappa shape index (κ3) is 2.43. The van der Waals surface area contributed by atoms with Crippen LogP contribution in [-0.2, 0) is 10.0 Å². The number of hydrogen-bond acceptors (Lipinski definition) is 3. The van der Waals surface area contributed by atoms with Crippen LogP contribution in [-0.4, -0.2) is 18.6 Å². The Hall–Kier alpha value is -1.96. The molecule has 2 N–H and O–H groups in total. The lowest BCUT2D eigenvalue weighted by Gasteiger charge is -2.08. The number of benzene rings is 1. The van der Waals surface area contributed by atoms with Gasteiger partial charge in [-0.1, -0.05) is 6.07 Å².